The Hall–Kier alpha value is -11.0. The summed E-state index contributed by atoms with van der Waals surface area (Å²) in [6, 6.07) is 74.0. The van der Waals surface area contributed by atoms with Crippen LogP contribution in [0.2, 0.25) is 0 Å². The van der Waals surface area contributed by atoms with Crippen LogP contribution in [-0.2, 0) is 60.3 Å². The van der Waals surface area contributed by atoms with E-state index in [1.54, 1.807) is 113 Å². The average molecular weight is 2170 g/mol. The Labute approximate surface area is 795 Å². The summed E-state index contributed by atoms with van der Waals surface area (Å²) in [6.07, 6.45) is 9.36. The summed E-state index contributed by atoms with van der Waals surface area (Å²) in [5.41, 5.74) is 20.3. The van der Waals surface area contributed by atoms with Gasteiger partial charge in [0.05, 0.1) is 16.7 Å². The van der Waals surface area contributed by atoms with E-state index >= 15 is 0 Å². The molecule has 3 unspecified atom stereocenters. The van der Waals surface area contributed by atoms with Gasteiger partial charge in [0.2, 0.25) is 17.1 Å². The molecule has 0 amide bonds. The van der Waals surface area contributed by atoms with E-state index in [2.05, 4.69) is 81.3 Å². The van der Waals surface area contributed by atoms with Crippen molar-refractivity contribution >= 4 is 66.2 Å². The maximum absolute atomic E-state index is 8.60. The molecule has 18 aromatic rings. The van der Waals surface area contributed by atoms with Gasteiger partial charge in [-0.25, -0.2) is 15.0 Å². The monoisotopic (exact) mass is 2180 g/mol. The summed E-state index contributed by atoms with van der Waals surface area (Å²) in [4.78, 5) is 39.6. The van der Waals surface area contributed by atoms with Gasteiger partial charge in [-0.05, 0) is 217 Å². The molecule has 0 aliphatic rings. The van der Waals surface area contributed by atoms with Gasteiger partial charge in [-0.15, -0.1) is 162 Å². The van der Waals surface area contributed by atoms with Crippen molar-refractivity contribution in [3.05, 3.63) is 339 Å². The Bertz CT molecular complexity index is 7050. The van der Waals surface area contributed by atoms with Crippen LogP contribution in [0.3, 0.4) is 0 Å². The molecule has 0 bridgehead atoms. The van der Waals surface area contributed by atoms with Crippen molar-refractivity contribution in [3.8, 4) is 67.5 Å². The molecule has 0 aliphatic heterocycles. The molecule has 12 nitrogen and oxygen atoms in total. The minimum absolute atomic E-state index is 0. The van der Waals surface area contributed by atoms with Crippen LogP contribution in [0, 0.1) is 98.6 Å². The van der Waals surface area contributed by atoms with E-state index in [0.717, 1.165) is 105 Å². The standard InChI is InChI=1S/3C24H25N2O.C13H12N.C12H10N.C11H8N.3Ir/c3*1-13(2)19-11-21(25-12-15(19)5)17-8-7-9-18-22-20(14(3)4)10-16(6)26-24(22)27-23(17)18;1-10-8-13(14-9-11(10)2)12-6-4-3-5-7-12;1-10-7-8-12(13-9-10)11-5-3-2-4-6-11;1-2-6-10(7-3-1)11-8-4-5-9-12-11;;;/h3*7,9-14H,1-6H3;3-6,8-9H,1-2H3;2-5,7-9H,1H3;1-6,8-9H;;;/q6*-1;;;/i3*1D3,13D,14D;2D3;1D3;;;;. The van der Waals surface area contributed by atoms with Crippen molar-refractivity contribution in [3.63, 3.8) is 0 Å². The molecule has 0 saturated carbocycles. The van der Waals surface area contributed by atoms with Gasteiger partial charge in [0, 0.05) is 160 Å². The smallest absolute Gasteiger partial charge is 0.216 e. The largest absolute Gasteiger partial charge is 0.486 e. The van der Waals surface area contributed by atoms with Crippen LogP contribution < -0.4 is 0 Å². The molecule has 12 heterocycles. The molecular formula is C108H105Ir3N9O3-6. The summed E-state index contributed by atoms with van der Waals surface area (Å²) < 4.78 is 184. The molecule has 3 atom stereocenters. The van der Waals surface area contributed by atoms with Gasteiger partial charge in [0.15, 0.2) is 0 Å². The second-order valence-corrected chi connectivity index (χ2v) is 30.0. The molecule has 18 rings (SSSR count). The van der Waals surface area contributed by atoms with Crippen molar-refractivity contribution in [2.45, 2.75) is 180 Å². The Balaban J connectivity index is 0.000000182. The van der Waals surface area contributed by atoms with Crippen LogP contribution in [0.15, 0.2) is 232 Å². The molecule has 15 heteroatoms. The molecule has 0 N–H and O–H groups in total. The second kappa shape index (κ2) is 42.4. The number of furan rings is 3. The van der Waals surface area contributed by atoms with Gasteiger partial charge in [-0.1, -0.05) is 170 Å². The Morgan fingerprint density at radius 2 is 0.650 bits per heavy atom. The molecule has 6 aromatic carbocycles. The van der Waals surface area contributed by atoms with E-state index in [1.807, 2.05) is 184 Å². The van der Waals surface area contributed by atoms with Gasteiger partial charge in [0.1, 0.15) is 0 Å². The predicted octanol–water partition coefficient (Wildman–Crippen LogP) is 28.7. The fourth-order valence-electron chi connectivity index (χ4n) is 14.0. The Kier molecular flexibility index (Phi) is 23.6. The van der Waals surface area contributed by atoms with Crippen molar-refractivity contribution < 1.29 is 102 Å². The fraction of sp³-hybridized carbons (Fsp3) is 0.250. The van der Waals surface area contributed by atoms with Crippen LogP contribution >= 0.6 is 0 Å². The van der Waals surface area contributed by atoms with E-state index in [9.17, 15) is 0 Å². The number of aryl methyl sites for hydroxylation is 9. The molecule has 123 heavy (non-hydrogen) atoms. The maximum atomic E-state index is 8.60. The normalized spacial score (nSPS) is 15.8. The maximum Gasteiger partial charge on any atom is 0.216 e. The third-order valence-electron chi connectivity index (χ3n) is 20.0. The Morgan fingerprint density at radius 3 is 0.959 bits per heavy atom. The SMILES string of the molecule is [2H]C(C)(C)c1cc(C)nc2oc3c(-c4cc(C([2H])(C)C([2H])([2H])[2H])c(C)cn4)[c-]ccc3c12.[2H]C(C)(C)c1cc(C)nc2oc3c(-c4cc(C([2H])(C)C([2H])([2H])[2H])c(C)cn4)[c-]ccc3c12.[2H]C(C)(C)c1cc(C)nc2oc3c(-c4cc(C([2H])(C)C([2H])([2H])[2H])c(C)cn4)[c-]ccc3c12.[2H]C([2H])([2H])c1ccc(-c2[c-]cccc2)nc1.[2H]C([2H])([2H])c1cnc(-c2[c-]cccc2)cc1C.[Ir].[Ir].[Ir].[c-]1ccccc1-c1ccccn1. The van der Waals surface area contributed by atoms with Gasteiger partial charge >= 0.3 is 0 Å². The molecule has 633 valence electrons. The van der Waals surface area contributed by atoms with Crippen molar-refractivity contribution in [1.82, 2.24) is 44.9 Å². The Morgan fingerprint density at radius 1 is 0.301 bits per heavy atom. The molecule has 0 spiro atoms. The average Bonchev–Trinajstić information content (AvgIpc) is 1.59. The van der Waals surface area contributed by atoms with E-state index in [0.29, 0.717) is 107 Å². The summed E-state index contributed by atoms with van der Waals surface area (Å²) in [5, 5.41) is 4.72. The molecule has 0 saturated heterocycles. The van der Waals surface area contributed by atoms with Gasteiger partial charge < -0.3 is 43.2 Å². The van der Waals surface area contributed by atoms with Crippen LogP contribution in [0.25, 0.3) is 134 Å². The topological polar surface area (TPSA) is 155 Å². The number of aromatic nitrogens is 9. The summed E-state index contributed by atoms with van der Waals surface area (Å²) in [6.45, 7) is 16.1. The number of pyridine rings is 9. The van der Waals surface area contributed by atoms with E-state index in [-0.39, 0.29) is 65.9 Å². The molecular weight excluding hydrogens is 2050 g/mol. The summed E-state index contributed by atoms with van der Waals surface area (Å²) in [7, 11) is 0. The second-order valence-electron chi connectivity index (χ2n) is 30.0. The zero-order valence-corrected chi connectivity index (χ0v) is 78.2. The fourth-order valence-corrected chi connectivity index (χ4v) is 14.0. The first-order valence-electron chi connectivity index (χ1n) is 49.6. The number of fused-ring (bicyclic) bond motifs is 9. The zero-order chi connectivity index (χ0) is 103. The molecule has 12 aromatic heterocycles. The van der Waals surface area contributed by atoms with Gasteiger partial charge in [0.25, 0.3) is 0 Å². The zero-order valence-electron chi connectivity index (χ0n) is 92.0. The first-order chi connectivity index (χ1) is 65.7. The summed E-state index contributed by atoms with van der Waals surface area (Å²) in [5.74, 6) is -7.95. The minimum Gasteiger partial charge on any atom is -0.486 e. The molecule has 0 fully saturated rings. The van der Waals surface area contributed by atoms with Crippen molar-refractivity contribution in [1.29, 1.82) is 0 Å². The van der Waals surface area contributed by atoms with Gasteiger partial charge in [-0.2, -0.15) is 0 Å². The van der Waals surface area contributed by atoms with E-state index in [4.69, 9.17) is 42.0 Å². The first kappa shape index (κ1) is 68.5. The third kappa shape index (κ3) is 22.0. The predicted molar refractivity (Wildman–Crippen MR) is 493 cm³/mol. The third-order valence-corrected chi connectivity index (χ3v) is 20.0. The number of benzene rings is 6. The van der Waals surface area contributed by atoms with Crippen LogP contribution in [-0.4, -0.2) is 44.9 Å². The van der Waals surface area contributed by atoms with Crippen LogP contribution in [0.4, 0.5) is 0 Å². The van der Waals surface area contributed by atoms with Crippen LogP contribution in [0.5, 0.6) is 0 Å². The quantitative estimate of drug-likeness (QED) is 0.107. The number of nitrogens with zero attached hydrogens (tertiary/aromatic N) is 9. The van der Waals surface area contributed by atoms with Crippen molar-refractivity contribution in [2.24, 2.45) is 0 Å². The summed E-state index contributed by atoms with van der Waals surface area (Å²) >= 11 is 0. The number of hydrogen-bond acceptors (Lipinski definition) is 12. The van der Waals surface area contributed by atoms with Gasteiger partial charge in [-0.3, -0.25) is 0 Å². The first-order valence-corrected chi connectivity index (χ1v) is 39.1. The minimum atomic E-state index is -2.50. The van der Waals surface area contributed by atoms with E-state index < -0.39 is 69.6 Å². The van der Waals surface area contributed by atoms with Crippen LogP contribution in [0.1, 0.15) is 231 Å². The number of hydrogen-bond donors (Lipinski definition) is 0. The van der Waals surface area contributed by atoms with E-state index in [1.165, 1.54) is 33.2 Å². The van der Waals surface area contributed by atoms with Crippen molar-refractivity contribution in [2.75, 3.05) is 0 Å². The number of rotatable bonds is 12. The molecule has 3 radical (unpaired) electrons. The molecule has 0 aliphatic carbocycles.